The molecule has 4 N–H and O–H groups in total. The van der Waals surface area contributed by atoms with Crippen molar-refractivity contribution in [3.8, 4) is 0 Å². The van der Waals surface area contributed by atoms with Crippen LogP contribution >= 0.6 is 0 Å². The summed E-state index contributed by atoms with van der Waals surface area (Å²) in [5.41, 5.74) is 6.79. The van der Waals surface area contributed by atoms with E-state index in [-0.39, 0.29) is 11.3 Å². The molecule has 17 heavy (non-hydrogen) atoms. The molecule has 0 spiro atoms. The Hall–Kier alpha value is -1.29. The van der Waals surface area contributed by atoms with Gasteiger partial charge in [-0.25, -0.2) is 0 Å². The van der Waals surface area contributed by atoms with E-state index in [1.165, 1.54) is 0 Å². The lowest BCUT2D eigenvalue weighted by Crippen LogP contribution is -2.25. The van der Waals surface area contributed by atoms with Crippen molar-refractivity contribution in [2.45, 2.75) is 39.7 Å². The van der Waals surface area contributed by atoms with Gasteiger partial charge in [-0.1, -0.05) is 13.8 Å². The van der Waals surface area contributed by atoms with Crippen molar-refractivity contribution in [2.75, 3.05) is 6.54 Å². The highest BCUT2D eigenvalue weighted by atomic mass is 16.1. The largest absolute Gasteiger partial charge is 0.367 e. The van der Waals surface area contributed by atoms with Crippen LogP contribution in [-0.4, -0.2) is 17.4 Å². The van der Waals surface area contributed by atoms with E-state index in [4.69, 9.17) is 5.73 Å². The maximum Gasteiger partial charge on any atom is 0.220 e. The smallest absolute Gasteiger partial charge is 0.220 e. The van der Waals surface area contributed by atoms with Gasteiger partial charge in [0, 0.05) is 25.4 Å². The number of amides is 1. The minimum atomic E-state index is 0.108. The highest BCUT2D eigenvalue weighted by Crippen LogP contribution is 2.25. The van der Waals surface area contributed by atoms with Crippen molar-refractivity contribution < 1.29 is 4.79 Å². The Morgan fingerprint density at radius 3 is 2.82 bits per heavy atom. The lowest BCUT2D eigenvalue weighted by Gasteiger charge is -2.23. The first kappa shape index (κ1) is 13.8. The van der Waals surface area contributed by atoms with E-state index in [1.54, 1.807) is 0 Å². The van der Waals surface area contributed by atoms with Crippen LogP contribution in [0.1, 0.15) is 38.7 Å². The second-order valence-corrected chi connectivity index (χ2v) is 5.20. The molecule has 0 bridgehead atoms. The zero-order chi connectivity index (χ0) is 12.7. The van der Waals surface area contributed by atoms with Crippen LogP contribution < -0.4 is 11.1 Å². The van der Waals surface area contributed by atoms with Gasteiger partial charge in [0.15, 0.2) is 0 Å². The Balaban J connectivity index is 2.21. The number of hydrogen-bond acceptors (Lipinski definition) is 2. The number of carbonyl (C=O) groups excluding carboxylic acids is 1. The quantitative estimate of drug-likeness (QED) is 0.676. The summed E-state index contributed by atoms with van der Waals surface area (Å²) in [4.78, 5) is 14.6. The molecule has 0 aliphatic rings. The first-order valence-corrected chi connectivity index (χ1v) is 6.12. The molecule has 1 aromatic rings. The monoisotopic (exact) mass is 237 g/mol. The van der Waals surface area contributed by atoms with Crippen molar-refractivity contribution in [1.29, 1.82) is 0 Å². The zero-order valence-electron chi connectivity index (χ0n) is 10.8. The van der Waals surface area contributed by atoms with Gasteiger partial charge in [-0.05, 0) is 36.4 Å². The Morgan fingerprint density at radius 1 is 1.47 bits per heavy atom. The number of nitrogens with two attached hydrogens (primary N) is 1. The lowest BCUT2D eigenvalue weighted by atomic mass is 9.84. The standard InChI is InChI=1S/C13H23N3O/c1-13(2,6-7-14)5-3-12(17)16-10-11-4-8-15-9-11/h4,8-9,15H,3,5-7,10,14H2,1-2H3,(H,16,17). The summed E-state index contributed by atoms with van der Waals surface area (Å²) in [6.45, 7) is 5.58. The molecule has 1 heterocycles. The van der Waals surface area contributed by atoms with Gasteiger partial charge >= 0.3 is 0 Å². The summed E-state index contributed by atoms with van der Waals surface area (Å²) in [6, 6.07) is 1.96. The van der Waals surface area contributed by atoms with E-state index in [0.717, 1.165) is 18.4 Å². The molecule has 0 aromatic carbocycles. The fraction of sp³-hybridized carbons (Fsp3) is 0.615. The lowest BCUT2D eigenvalue weighted by molar-refractivity contribution is -0.121. The van der Waals surface area contributed by atoms with E-state index in [9.17, 15) is 4.79 Å². The first-order chi connectivity index (χ1) is 8.03. The number of nitrogens with one attached hydrogen (secondary N) is 2. The second kappa shape index (κ2) is 6.45. The highest BCUT2D eigenvalue weighted by Gasteiger charge is 2.18. The van der Waals surface area contributed by atoms with Crippen LogP contribution in [0.2, 0.25) is 0 Å². The highest BCUT2D eigenvalue weighted by molar-refractivity contribution is 5.75. The van der Waals surface area contributed by atoms with E-state index >= 15 is 0 Å². The fourth-order valence-electron chi connectivity index (χ4n) is 1.73. The van der Waals surface area contributed by atoms with E-state index < -0.39 is 0 Å². The molecule has 0 saturated carbocycles. The maximum absolute atomic E-state index is 11.6. The fourth-order valence-corrected chi connectivity index (χ4v) is 1.73. The number of aromatic nitrogens is 1. The Bertz CT molecular complexity index is 330. The summed E-state index contributed by atoms with van der Waals surface area (Å²) in [5, 5.41) is 2.91. The van der Waals surface area contributed by atoms with Crippen molar-refractivity contribution in [2.24, 2.45) is 11.1 Å². The molecule has 96 valence electrons. The molecule has 0 saturated heterocycles. The third-order valence-electron chi connectivity index (χ3n) is 3.00. The van der Waals surface area contributed by atoms with Crippen LogP contribution in [-0.2, 0) is 11.3 Å². The average Bonchev–Trinajstić information content (AvgIpc) is 2.76. The molecule has 0 radical (unpaired) electrons. The van der Waals surface area contributed by atoms with Crippen molar-refractivity contribution in [3.05, 3.63) is 24.0 Å². The molecule has 1 rings (SSSR count). The molecule has 0 aliphatic heterocycles. The van der Waals surface area contributed by atoms with Gasteiger partial charge in [-0.2, -0.15) is 0 Å². The van der Waals surface area contributed by atoms with Gasteiger partial charge in [0.05, 0.1) is 0 Å². The van der Waals surface area contributed by atoms with Gasteiger partial charge in [-0.3, -0.25) is 4.79 Å². The van der Waals surface area contributed by atoms with Crippen molar-refractivity contribution in [1.82, 2.24) is 10.3 Å². The van der Waals surface area contributed by atoms with Crippen LogP contribution in [0.25, 0.3) is 0 Å². The predicted molar refractivity (Wildman–Crippen MR) is 69.3 cm³/mol. The molecule has 4 nitrogen and oxygen atoms in total. The molecule has 0 unspecified atom stereocenters. The number of aromatic amines is 1. The van der Waals surface area contributed by atoms with Crippen LogP contribution in [0.15, 0.2) is 18.5 Å². The topological polar surface area (TPSA) is 70.9 Å². The van der Waals surface area contributed by atoms with Gasteiger partial charge in [0.25, 0.3) is 0 Å². The van der Waals surface area contributed by atoms with Crippen molar-refractivity contribution >= 4 is 5.91 Å². The SMILES string of the molecule is CC(C)(CCN)CCC(=O)NCc1cc[nH]c1. The maximum atomic E-state index is 11.6. The Labute approximate surface area is 103 Å². The molecular formula is C13H23N3O. The molecule has 4 heteroatoms. The summed E-state index contributed by atoms with van der Waals surface area (Å²) < 4.78 is 0. The van der Waals surface area contributed by atoms with Crippen LogP contribution in [0, 0.1) is 5.41 Å². The number of carbonyl (C=O) groups is 1. The van der Waals surface area contributed by atoms with E-state index in [0.29, 0.717) is 19.5 Å². The normalized spacial score (nSPS) is 11.5. The van der Waals surface area contributed by atoms with Crippen LogP contribution in [0.3, 0.4) is 0 Å². The summed E-state index contributed by atoms with van der Waals surface area (Å²) in [7, 11) is 0. The van der Waals surface area contributed by atoms with Gasteiger partial charge in [0.2, 0.25) is 5.91 Å². The van der Waals surface area contributed by atoms with Gasteiger partial charge in [-0.15, -0.1) is 0 Å². The molecule has 0 atom stereocenters. The minimum Gasteiger partial charge on any atom is -0.367 e. The van der Waals surface area contributed by atoms with Crippen molar-refractivity contribution in [3.63, 3.8) is 0 Å². The van der Waals surface area contributed by atoms with Gasteiger partial charge < -0.3 is 16.0 Å². The second-order valence-electron chi connectivity index (χ2n) is 5.20. The number of rotatable bonds is 7. The van der Waals surface area contributed by atoms with Crippen LogP contribution in [0.5, 0.6) is 0 Å². The first-order valence-electron chi connectivity index (χ1n) is 6.12. The Morgan fingerprint density at radius 2 is 2.24 bits per heavy atom. The molecular weight excluding hydrogens is 214 g/mol. The third kappa shape index (κ3) is 5.54. The average molecular weight is 237 g/mol. The van der Waals surface area contributed by atoms with Gasteiger partial charge in [0.1, 0.15) is 0 Å². The minimum absolute atomic E-state index is 0.108. The summed E-state index contributed by atoms with van der Waals surface area (Å²) in [5.74, 6) is 0.108. The summed E-state index contributed by atoms with van der Waals surface area (Å²) >= 11 is 0. The van der Waals surface area contributed by atoms with E-state index in [1.807, 2.05) is 18.5 Å². The molecule has 0 aliphatic carbocycles. The Kier molecular flexibility index (Phi) is 5.22. The molecule has 1 aromatic heterocycles. The molecule has 1 amide bonds. The number of H-pyrrole nitrogens is 1. The van der Waals surface area contributed by atoms with E-state index in [2.05, 4.69) is 24.1 Å². The zero-order valence-corrected chi connectivity index (χ0v) is 10.8. The summed E-state index contributed by atoms with van der Waals surface area (Å²) in [6.07, 6.45) is 6.14. The molecule has 0 fully saturated rings. The van der Waals surface area contributed by atoms with Crippen LogP contribution in [0.4, 0.5) is 0 Å². The predicted octanol–water partition coefficient (Wildman–Crippen LogP) is 1.79. The number of hydrogen-bond donors (Lipinski definition) is 3. The third-order valence-corrected chi connectivity index (χ3v) is 3.00.